The lowest BCUT2D eigenvalue weighted by Gasteiger charge is -2.20. The highest BCUT2D eigenvalue weighted by atomic mass is 16.5. The van der Waals surface area contributed by atoms with Crippen LogP contribution in [0.15, 0.2) is 4.99 Å². The van der Waals surface area contributed by atoms with E-state index in [-0.39, 0.29) is 0 Å². The fourth-order valence-electron chi connectivity index (χ4n) is 2.33. The van der Waals surface area contributed by atoms with Crippen molar-refractivity contribution >= 4 is 5.96 Å². The zero-order chi connectivity index (χ0) is 14.6. The Bertz CT molecular complexity index is 272. The molecule has 0 aliphatic carbocycles. The van der Waals surface area contributed by atoms with E-state index in [9.17, 15) is 0 Å². The van der Waals surface area contributed by atoms with Crippen LogP contribution < -0.4 is 10.6 Å². The molecule has 6 heteroatoms. The molecule has 20 heavy (non-hydrogen) atoms. The predicted octanol–water partition coefficient (Wildman–Crippen LogP) is -0.175. The molecule has 2 N–H and O–H groups in total. The van der Waals surface area contributed by atoms with Crippen molar-refractivity contribution in [1.82, 2.24) is 20.4 Å². The fourth-order valence-corrected chi connectivity index (χ4v) is 2.33. The van der Waals surface area contributed by atoms with Crippen LogP contribution in [0.25, 0.3) is 0 Å². The number of methoxy groups -OCH3 is 1. The lowest BCUT2D eigenvalue weighted by Crippen LogP contribution is -2.40. The van der Waals surface area contributed by atoms with E-state index in [0.29, 0.717) is 6.61 Å². The van der Waals surface area contributed by atoms with Crippen LogP contribution in [0.1, 0.15) is 12.8 Å². The van der Waals surface area contributed by atoms with Crippen molar-refractivity contribution in [2.75, 3.05) is 73.6 Å². The Morgan fingerprint density at radius 1 is 1.15 bits per heavy atom. The van der Waals surface area contributed by atoms with E-state index in [1.807, 2.05) is 0 Å². The van der Waals surface area contributed by atoms with E-state index < -0.39 is 0 Å². The quantitative estimate of drug-likeness (QED) is 0.386. The van der Waals surface area contributed by atoms with E-state index in [1.54, 1.807) is 14.2 Å². The van der Waals surface area contributed by atoms with Gasteiger partial charge in [0.2, 0.25) is 0 Å². The second-order valence-corrected chi connectivity index (χ2v) is 5.27. The molecule has 1 aliphatic rings. The first-order valence-electron chi connectivity index (χ1n) is 7.60. The number of likely N-dealkylation sites (N-methyl/N-ethyl adjacent to an activating group) is 1. The van der Waals surface area contributed by atoms with Crippen molar-refractivity contribution in [2.45, 2.75) is 12.8 Å². The zero-order valence-electron chi connectivity index (χ0n) is 13.3. The number of hydrogen-bond donors (Lipinski definition) is 2. The highest BCUT2D eigenvalue weighted by molar-refractivity contribution is 5.79. The lowest BCUT2D eigenvalue weighted by atomic mass is 10.3. The van der Waals surface area contributed by atoms with Crippen molar-refractivity contribution in [2.24, 2.45) is 4.99 Å². The van der Waals surface area contributed by atoms with Crippen molar-refractivity contribution in [1.29, 1.82) is 0 Å². The normalized spacial score (nSPS) is 18.9. The third-order valence-corrected chi connectivity index (χ3v) is 3.58. The van der Waals surface area contributed by atoms with Crippen molar-refractivity contribution in [3.63, 3.8) is 0 Å². The summed E-state index contributed by atoms with van der Waals surface area (Å²) in [7, 11) is 5.71. The maximum atomic E-state index is 5.01. The van der Waals surface area contributed by atoms with Gasteiger partial charge in [-0.3, -0.25) is 4.99 Å². The summed E-state index contributed by atoms with van der Waals surface area (Å²) in [4.78, 5) is 9.17. The third kappa shape index (κ3) is 7.67. The Labute approximate surface area is 123 Å². The minimum Gasteiger partial charge on any atom is -0.383 e. The summed E-state index contributed by atoms with van der Waals surface area (Å²) in [5.41, 5.74) is 0. The van der Waals surface area contributed by atoms with Gasteiger partial charge in [-0.2, -0.15) is 0 Å². The van der Waals surface area contributed by atoms with E-state index in [0.717, 1.165) is 32.0 Å². The van der Waals surface area contributed by atoms with Crippen molar-refractivity contribution in [3.8, 4) is 0 Å². The topological polar surface area (TPSA) is 52.1 Å². The van der Waals surface area contributed by atoms with Crippen LogP contribution in [0.3, 0.4) is 0 Å². The summed E-state index contributed by atoms with van der Waals surface area (Å²) in [6.45, 7) is 8.44. The molecule has 0 amide bonds. The van der Waals surface area contributed by atoms with Crippen LogP contribution in [0.5, 0.6) is 0 Å². The van der Waals surface area contributed by atoms with E-state index in [2.05, 4.69) is 32.5 Å². The van der Waals surface area contributed by atoms with E-state index in [4.69, 9.17) is 4.74 Å². The molecule has 1 aliphatic heterocycles. The minimum absolute atomic E-state index is 0.696. The molecule has 0 spiro atoms. The third-order valence-electron chi connectivity index (χ3n) is 3.58. The molecule has 0 saturated carbocycles. The lowest BCUT2D eigenvalue weighted by molar-refractivity contribution is 0.203. The molecule has 1 heterocycles. The molecule has 0 radical (unpaired) electrons. The van der Waals surface area contributed by atoms with Gasteiger partial charge in [0.15, 0.2) is 5.96 Å². The summed E-state index contributed by atoms with van der Waals surface area (Å²) >= 11 is 0. The standard InChI is InChI=1S/C14H31N5O/c1-15-14(17-7-13-20-3)16-6-4-9-19-10-5-8-18(2)11-12-19/h4-13H2,1-3H3,(H2,15,16,17). The van der Waals surface area contributed by atoms with Crippen molar-refractivity contribution < 1.29 is 4.74 Å². The van der Waals surface area contributed by atoms with Gasteiger partial charge >= 0.3 is 0 Å². The number of rotatable bonds is 7. The molecule has 0 aromatic rings. The summed E-state index contributed by atoms with van der Waals surface area (Å²) in [6.07, 6.45) is 2.43. The molecule has 1 saturated heterocycles. The largest absolute Gasteiger partial charge is 0.383 e. The fraction of sp³-hybridized carbons (Fsp3) is 0.929. The van der Waals surface area contributed by atoms with E-state index in [1.165, 1.54) is 32.6 Å². The highest BCUT2D eigenvalue weighted by Gasteiger charge is 2.11. The molecule has 0 aromatic heterocycles. The summed E-state index contributed by atoms with van der Waals surface area (Å²) < 4.78 is 5.01. The maximum Gasteiger partial charge on any atom is 0.191 e. The summed E-state index contributed by atoms with van der Waals surface area (Å²) in [5, 5.41) is 6.56. The molecule has 0 unspecified atom stereocenters. The molecule has 118 valence electrons. The van der Waals surface area contributed by atoms with Crippen molar-refractivity contribution in [3.05, 3.63) is 0 Å². The molecule has 0 bridgehead atoms. The van der Waals surface area contributed by atoms with Crippen LogP contribution in [0.2, 0.25) is 0 Å². The van der Waals surface area contributed by atoms with Crippen LogP contribution >= 0.6 is 0 Å². The molecular formula is C14H31N5O. The van der Waals surface area contributed by atoms with E-state index >= 15 is 0 Å². The smallest absolute Gasteiger partial charge is 0.191 e. The predicted molar refractivity (Wildman–Crippen MR) is 84.4 cm³/mol. The number of hydrogen-bond acceptors (Lipinski definition) is 4. The SMILES string of the molecule is CN=C(NCCCN1CCCN(C)CC1)NCCOC. The van der Waals surface area contributed by atoms with Gasteiger partial charge in [0.25, 0.3) is 0 Å². The second kappa shape index (κ2) is 10.9. The van der Waals surface area contributed by atoms with Gasteiger partial charge in [0.05, 0.1) is 6.61 Å². The first kappa shape index (κ1) is 17.2. The second-order valence-electron chi connectivity index (χ2n) is 5.27. The van der Waals surface area contributed by atoms with Gasteiger partial charge in [-0.05, 0) is 39.5 Å². The first-order valence-corrected chi connectivity index (χ1v) is 7.60. The molecular weight excluding hydrogens is 254 g/mol. The molecule has 6 nitrogen and oxygen atoms in total. The van der Waals surface area contributed by atoms with Crippen LogP contribution in [-0.4, -0.2) is 89.4 Å². The molecule has 1 fully saturated rings. The number of aliphatic imine (C=N–C) groups is 1. The Kier molecular flexibility index (Phi) is 9.36. The van der Waals surface area contributed by atoms with Gasteiger partial charge in [-0.25, -0.2) is 0 Å². The molecule has 0 aromatic carbocycles. The maximum absolute atomic E-state index is 5.01. The van der Waals surface area contributed by atoms with Crippen LogP contribution in [0, 0.1) is 0 Å². The number of guanidine groups is 1. The molecule has 1 rings (SSSR count). The monoisotopic (exact) mass is 285 g/mol. The van der Waals surface area contributed by atoms with Gasteiger partial charge in [0, 0.05) is 40.3 Å². The molecule has 0 atom stereocenters. The van der Waals surface area contributed by atoms with Crippen LogP contribution in [0.4, 0.5) is 0 Å². The summed E-state index contributed by atoms with van der Waals surface area (Å²) in [5.74, 6) is 0.859. The van der Waals surface area contributed by atoms with Gasteiger partial charge in [0.1, 0.15) is 0 Å². The Balaban J connectivity index is 2.07. The Hall–Kier alpha value is -0.850. The van der Waals surface area contributed by atoms with Gasteiger partial charge < -0.3 is 25.2 Å². The minimum atomic E-state index is 0.696. The van der Waals surface area contributed by atoms with Crippen LogP contribution in [-0.2, 0) is 4.74 Å². The highest BCUT2D eigenvalue weighted by Crippen LogP contribution is 2.01. The Morgan fingerprint density at radius 3 is 2.70 bits per heavy atom. The first-order chi connectivity index (χ1) is 9.76. The number of ether oxygens (including phenoxy) is 1. The van der Waals surface area contributed by atoms with Gasteiger partial charge in [-0.15, -0.1) is 0 Å². The average Bonchev–Trinajstić information content (AvgIpc) is 2.66. The summed E-state index contributed by atoms with van der Waals surface area (Å²) in [6, 6.07) is 0. The average molecular weight is 285 g/mol. The zero-order valence-corrected chi connectivity index (χ0v) is 13.3. The number of nitrogens with one attached hydrogen (secondary N) is 2. The van der Waals surface area contributed by atoms with Gasteiger partial charge in [-0.1, -0.05) is 0 Å². The Morgan fingerprint density at radius 2 is 1.95 bits per heavy atom. The number of nitrogens with zero attached hydrogens (tertiary/aromatic N) is 3.